The lowest BCUT2D eigenvalue weighted by Gasteiger charge is -2.39. The number of hydrogen-bond donors (Lipinski definition) is 5. The fourth-order valence-electron chi connectivity index (χ4n) is 6.03. The first-order valence-electron chi connectivity index (χ1n) is 16.0. The van der Waals surface area contributed by atoms with Crippen LogP contribution in [0.1, 0.15) is 49.8 Å². The highest BCUT2D eigenvalue weighted by molar-refractivity contribution is 5.62. The van der Waals surface area contributed by atoms with Crippen molar-refractivity contribution in [3.8, 4) is 5.75 Å². The molecule has 1 aromatic carbocycles. The quantitative estimate of drug-likeness (QED) is 0.129. The molecule has 3 heterocycles. The summed E-state index contributed by atoms with van der Waals surface area (Å²) in [6.07, 6.45) is 3.25. The third-order valence-corrected chi connectivity index (χ3v) is 9.01. The molecule has 0 aliphatic carbocycles. The van der Waals surface area contributed by atoms with Gasteiger partial charge in [0.2, 0.25) is 5.95 Å². The van der Waals surface area contributed by atoms with Gasteiger partial charge in [-0.05, 0) is 49.7 Å². The fraction of sp³-hybridized carbons (Fsp3) is 0.656. The second-order valence-electron chi connectivity index (χ2n) is 12.1. The van der Waals surface area contributed by atoms with Crippen molar-refractivity contribution in [3.63, 3.8) is 0 Å². The molecule has 45 heavy (non-hydrogen) atoms. The molecule has 2 aliphatic heterocycles. The number of aliphatic hydroxyl groups is 5. The zero-order chi connectivity index (χ0) is 32.3. The number of carbonyl (C=O) groups is 1. The van der Waals surface area contributed by atoms with Crippen LogP contribution in [0.25, 0.3) is 0 Å². The molecule has 12 nitrogen and oxygen atoms in total. The number of carbonyl (C=O) groups excluding carboxylic acids is 1. The molecule has 1 aromatic heterocycles. The number of halogens is 1. The van der Waals surface area contributed by atoms with Gasteiger partial charge >= 0.3 is 0 Å². The van der Waals surface area contributed by atoms with Gasteiger partial charge in [-0.15, -0.1) is 0 Å². The number of hydrogen-bond acceptors (Lipinski definition) is 12. The van der Waals surface area contributed by atoms with Crippen molar-refractivity contribution >= 4 is 12.2 Å². The number of anilines is 1. The Hall–Kier alpha value is -2.78. The molecule has 4 rings (SSSR count). The highest BCUT2D eigenvalue weighted by Gasteiger charge is 2.33. The Morgan fingerprint density at radius 3 is 2.27 bits per heavy atom. The molecule has 2 aromatic rings. The highest BCUT2D eigenvalue weighted by atomic mass is 19.1. The van der Waals surface area contributed by atoms with Gasteiger partial charge in [-0.3, -0.25) is 9.80 Å². The molecular formula is C32H48FN5O7. The second-order valence-corrected chi connectivity index (χ2v) is 12.1. The van der Waals surface area contributed by atoms with Gasteiger partial charge in [0.1, 0.15) is 36.2 Å². The predicted molar refractivity (Wildman–Crippen MR) is 165 cm³/mol. The van der Waals surface area contributed by atoms with E-state index < -0.39 is 42.9 Å². The molecular weight excluding hydrogens is 585 g/mol. The minimum Gasteiger partial charge on any atom is -0.493 e. The molecule has 2 aliphatic rings. The van der Waals surface area contributed by atoms with Crippen LogP contribution in [0.4, 0.5) is 10.3 Å². The zero-order valence-corrected chi connectivity index (χ0v) is 26.0. The molecule has 5 atom stereocenters. The minimum atomic E-state index is -1.69. The Labute approximate surface area is 264 Å². The maximum absolute atomic E-state index is 15.2. The maximum atomic E-state index is 15.2. The largest absolute Gasteiger partial charge is 0.493 e. The van der Waals surface area contributed by atoms with Crippen molar-refractivity contribution in [3.05, 3.63) is 47.5 Å². The summed E-state index contributed by atoms with van der Waals surface area (Å²) >= 11 is 0. The summed E-state index contributed by atoms with van der Waals surface area (Å²) in [5.74, 6) is 1.31. The van der Waals surface area contributed by atoms with Gasteiger partial charge in [0.05, 0.1) is 25.4 Å². The molecule has 0 bridgehead atoms. The molecule has 0 radical (unpaired) electrons. The molecule has 0 spiro atoms. The van der Waals surface area contributed by atoms with Crippen LogP contribution in [0.5, 0.6) is 5.75 Å². The summed E-state index contributed by atoms with van der Waals surface area (Å²) in [6, 6.07) is 3.83. The SMILES string of the molecule is CCc1cnc(N2CCC(CCCOc3ccc(C(C=O)N4CCN(C[C@H](O)[C@@H](O)[C@H](O)[C@H](O)CO)CC4)c(F)c3)CC2)nc1. The average Bonchev–Trinajstić information content (AvgIpc) is 3.07. The third kappa shape index (κ3) is 9.61. The van der Waals surface area contributed by atoms with E-state index in [1.807, 2.05) is 22.2 Å². The van der Waals surface area contributed by atoms with Gasteiger partial charge in [0.25, 0.3) is 0 Å². The Balaban J connectivity index is 1.18. The Bertz CT molecular complexity index is 1180. The van der Waals surface area contributed by atoms with Crippen LogP contribution in [-0.4, -0.2) is 135 Å². The van der Waals surface area contributed by atoms with Gasteiger partial charge in [0, 0.05) is 69.8 Å². The zero-order valence-electron chi connectivity index (χ0n) is 26.0. The topological polar surface area (TPSA) is 163 Å². The minimum absolute atomic E-state index is 0.0258. The first-order valence-corrected chi connectivity index (χ1v) is 16.0. The van der Waals surface area contributed by atoms with E-state index in [1.54, 1.807) is 12.1 Å². The van der Waals surface area contributed by atoms with Crippen LogP contribution in [0, 0.1) is 11.7 Å². The Morgan fingerprint density at radius 1 is 1.00 bits per heavy atom. The summed E-state index contributed by atoms with van der Waals surface area (Å²) < 4.78 is 21.0. The van der Waals surface area contributed by atoms with Crippen LogP contribution in [0.3, 0.4) is 0 Å². The number of β-amino-alcohol motifs (C(OH)–C–C–N with tert-alkyl or cyclic N) is 1. The predicted octanol–water partition coefficient (Wildman–Crippen LogP) is 0.547. The van der Waals surface area contributed by atoms with Crippen LogP contribution in [0.15, 0.2) is 30.6 Å². The number of piperidine rings is 1. The van der Waals surface area contributed by atoms with E-state index in [0.29, 0.717) is 44.5 Å². The fourth-order valence-corrected chi connectivity index (χ4v) is 6.03. The lowest BCUT2D eigenvalue weighted by molar-refractivity contribution is -0.122. The van der Waals surface area contributed by atoms with E-state index in [1.165, 1.54) is 6.07 Å². The van der Waals surface area contributed by atoms with Crippen molar-refractivity contribution in [2.75, 3.05) is 63.9 Å². The normalized spacial score (nSPS) is 20.4. The number of aldehydes is 1. The number of aliphatic hydroxyl groups excluding tert-OH is 5. The second kappa shape index (κ2) is 17.2. The average molecular weight is 634 g/mol. The van der Waals surface area contributed by atoms with E-state index in [2.05, 4.69) is 21.8 Å². The molecule has 2 saturated heterocycles. The number of aryl methyl sites for hydroxylation is 1. The molecule has 1 unspecified atom stereocenters. The lowest BCUT2D eigenvalue weighted by atomic mass is 9.92. The lowest BCUT2D eigenvalue weighted by Crippen LogP contribution is -2.54. The van der Waals surface area contributed by atoms with E-state index in [-0.39, 0.29) is 12.1 Å². The first kappa shape index (κ1) is 35.1. The molecule has 2 fully saturated rings. The van der Waals surface area contributed by atoms with Crippen molar-refractivity contribution in [1.29, 1.82) is 0 Å². The monoisotopic (exact) mass is 633 g/mol. The summed E-state index contributed by atoms with van der Waals surface area (Å²) in [5.41, 5.74) is 1.40. The molecule has 13 heteroatoms. The van der Waals surface area contributed by atoms with Gasteiger partial charge in [-0.2, -0.15) is 0 Å². The summed E-state index contributed by atoms with van der Waals surface area (Å²) in [5, 5.41) is 48.6. The van der Waals surface area contributed by atoms with Gasteiger partial charge in [-0.1, -0.05) is 13.0 Å². The number of benzene rings is 1. The van der Waals surface area contributed by atoms with Crippen molar-refractivity contribution in [2.45, 2.75) is 69.5 Å². The standard InChI is InChI=1S/C32H48FN5O7/c1-2-22-17-34-32(35-18-22)38-9-7-23(8-10-38)4-3-15-45-24-5-6-25(26(33)16-24)27(20-39)37-13-11-36(12-14-37)19-28(41)30(43)31(44)29(42)21-40/h5-6,16-18,20,23,27-31,40-44H,2-4,7-15,19,21H2,1H3/t27?,28-,29+,30+,31+/m0/s1. The Kier molecular flexibility index (Phi) is 13.4. The van der Waals surface area contributed by atoms with Gasteiger partial charge < -0.3 is 40.0 Å². The number of nitrogens with zero attached hydrogens (tertiary/aromatic N) is 5. The van der Waals surface area contributed by atoms with E-state index in [4.69, 9.17) is 9.84 Å². The molecule has 250 valence electrons. The molecule has 0 saturated carbocycles. The van der Waals surface area contributed by atoms with Crippen LogP contribution >= 0.6 is 0 Å². The Morgan fingerprint density at radius 2 is 1.67 bits per heavy atom. The van der Waals surface area contributed by atoms with E-state index in [0.717, 1.165) is 63.0 Å². The third-order valence-electron chi connectivity index (χ3n) is 9.01. The van der Waals surface area contributed by atoms with Gasteiger partial charge in [0.15, 0.2) is 0 Å². The van der Waals surface area contributed by atoms with E-state index >= 15 is 4.39 Å². The van der Waals surface area contributed by atoms with Crippen molar-refractivity contribution in [1.82, 2.24) is 19.8 Å². The number of aromatic nitrogens is 2. The molecule has 5 N–H and O–H groups in total. The number of piperazine rings is 1. The van der Waals surface area contributed by atoms with Crippen LogP contribution in [0.2, 0.25) is 0 Å². The van der Waals surface area contributed by atoms with Crippen molar-refractivity contribution in [2.24, 2.45) is 5.92 Å². The number of rotatable bonds is 16. The van der Waals surface area contributed by atoms with E-state index in [9.17, 15) is 25.2 Å². The van der Waals surface area contributed by atoms with Crippen LogP contribution in [-0.2, 0) is 11.2 Å². The number of ether oxygens (including phenoxy) is 1. The summed E-state index contributed by atoms with van der Waals surface area (Å²) in [4.78, 5) is 27.0. The van der Waals surface area contributed by atoms with Gasteiger partial charge in [-0.25, -0.2) is 14.4 Å². The maximum Gasteiger partial charge on any atom is 0.225 e. The smallest absolute Gasteiger partial charge is 0.225 e. The first-order chi connectivity index (χ1) is 21.7. The summed E-state index contributed by atoms with van der Waals surface area (Å²) in [6.45, 7) is 5.44. The summed E-state index contributed by atoms with van der Waals surface area (Å²) in [7, 11) is 0. The molecule has 0 amide bonds. The van der Waals surface area contributed by atoms with Crippen molar-refractivity contribution < 1.29 is 39.5 Å². The highest BCUT2D eigenvalue weighted by Crippen LogP contribution is 2.28. The van der Waals surface area contributed by atoms with Crippen LogP contribution < -0.4 is 9.64 Å².